The number of anilines is 1. The number of benzene rings is 1. The zero-order valence-corrected chi connectivity index (χ0v) is 17.1. The van der Waals surface area contributed by atoms with E-state index in [-0.39, 0.29) is 19.8 Å². The lowest BCUT2D eigenvalue weighted by Gasteiger charge is -2.15. The minimum atomic E-state index is -0.995. The molecular formula is C20H21FN6O5. The highest BCUT2D eigenvalue weighted by atomic mass is 19.1. The van der Waals surface area contributed by atoms with E-state index in [9.17, 15) is 14.3 Å². The van der Waals surface area contributed by atoms with Crippen LogP contribution in [0.4, 0.5) is 14.9 Å². The Morgan fingerprint density at radius 3 is 2.84 bits per heavy atom. The van der Waals surface area contributed by atoms with E-state index in [4.69, 9.17) is 14.6 Å². The molecule has 168 valence electrons. The van der Waals surface area contributed by atoms with Crippen molar-refractivity contribution in [3.8, 4) is 22.6 Å². The van der Waals surface area contributed by atoms with E-state index in [1.165, 1.54) is 22.0 Å². The van der Waals surface area contributed by atoms with Crippen molar-refractivity contribution < 1.29 is 28.9 Å². The van der Waals surface area contributed by atoms with Crippen molar-refractivity contribution >= 4 is 11.8 Å². The Balaban J connectivity index is 1.43. The molecule has 1 aliphatic rings. The van der Waals surface area contributed by atoms with Gasteiger partial charge in [-0.2, -0.15) is 4.80 Å². The molecule has 2 N–H and O–H groups in total. The van der Waals surface area contributed by atoms with Gasteiger partial charge in [0.15, 0.2) is 0 Å². The van der Waals surface area contributed by atoms with Crippen LogP contribution in [0.3, 0.4) is 0 Å². The first-order valence-corrected chi connectivity index (χ1v) is 9.79. The largest absolute Gasteiger partial charge is 0.441 e. The number of aromatic nitrogens is 5. The molecule has 1 amide bonds. The van der Waals surface area contributed by atoms with Crippen LogP contribution in [0.2, 0.25) is 0 Å². The first-order valence-electron chi connectivity index (χ1n) is 9.79. The number of halogens is 1. The number of cyclic esters (lactones) is 1. The number of hydrogen-bond donors (Lipinski definition) is 2. The van der Waals surface area contributed by atoms with Crippen LogP contribution in [0, 0.1) is 5.82 Å². The highest BCUT2D eigenvalue weighted by Gasteiger charge is 2.33. The van der Waals surface area contributed by atoms with Crippen molar-refractivity contribution in [2.75, 3.05) is 31.3 Å². The summed E-state index contributed by atoms with van der Waals surface area (Å²) >= 11 is 0. The Morgan fingerprint density at radius 1 is 1.34 bits per heavy atom. The SMILES string of the molecule is Cn1nnc(-c2ccc(-c3ccc(N4C[C@H](COCC(O)CO)OC4=O)cc3F)cn2)n1. The van der Waals surface area contributed by atoms with Gasteiger partial charge in [0, 0.05) is 17.3 Å². The van der Waals surface area contributed by atoms with E-state index in [0.29, 0.717) is 28.3 Å². The van der Waals surface area contributed by atoms with Crippen molar-refractivity contribution in [2.24, 2.45) is 7.05 Å². The van der Waals surface area contributed by atoms with Gasteiger partial charge in [-0.1, -0.05) is 6.07 Å². The molecule has 0 radical (unpaired) electrons. The fourth-order valence-electron chi connectivity index (χ4n) is 3.19. The highest BCUT2D eigenvalue weighted by Crippen LogP contribution is 2.29. The molecule has 2 atom stereocenters. The number of rotatable bonds is 8. The maximum atomic E-state index is 14.9. The molecule has 32 heavy (non-hydrogen) atoms. The summed E-state index contributed by atoms with van der Waals surface area (Å²) in [5, 5.41) is 29.8. The van der Waals surface area contributed by atoms with Crippen LogP contribution in [-0.4, -0.2) is 80.1 Å². The number of hydrogen-bond acceptors (Lipinski definition) is 9. The average Bonchev–Trinajstić information content (AvgIpc) is 3.39. The summed E-state index contributed by atoms with van der Waals surface area (Å²) in [4.78, 5) is 19.1. The minimum absolute atomic E-state index is 0.0541. The quantitative estimate of drug-likeness (QED) is 0.516. The molecule has 4 rings (SSSR count). The molecular weight excluding hydrogens is 423 g/mol. The third-order valence-electron chi connectivity index (χ3n) is 4.78. The predicted molar refractivity (Wildman–Crippen MR) is 109 cm³/mol. The summed E-state index contributed by atoms with van der Waals surface area (Å²) in [6, 6.07) is 7.83. The molecule has 1 aromatic carbocycles. The molecule has 3 aromatic rings. The lowest BCUT2D eigenvalue weighted by atomic mass is 10.1. The summed E-state index contributed by atoms with van der Waals surface area (Å²) in [5.41, 5.74) is 1.74. The van der Waals surface area contributed by atoms with Gasteiger partial charge in [0.25, 0.3) is 0 Å². The lowest BCUT2D eigenvalue weighted by Crippen LogP contribution is -2.27. The number of carbonyl (C=O) groups excluding carboxylic acids is 1. The van der Waals surface area contributed by atoms with E-state index in [1.807, 2.05) is 0 Å². The van der Waals surface area contributed by atoms with E-state index in [0.717, 1.165) is 0 Å². The number of tetrazole rings is 1. The first-order chi connectivity index (χ1) is 15.4. The van der Waals surface area contributed by atoms with Gasteiger partial charge in [0.2, 0.25) is 5.82 Å². The molecule has 0 saturated carbocycles. The first kappa shape index (κ1) is 21.7. The molecule has 12 heteroatoms. The van der Waals surface area contributed by atoms with Crippen molar-refractivity contribution in [1.82, 2.24) is 25.2 Å². The molecule has 0 bridgehead atoms. The van der Waals surface area contributed by atoms with Gasteiger partial charge in [-0.3, -0.25) is 9.88 Å². The Kier molecular flexibility index (Phi) is 6.35. The van der Waals surface area contributed by atoms with Gasteiger partial charge < -0.3 is 19.7 Å². The van der Waals surface area contributed by atoms with Gasteiger partial charge in [-0.05, 0) is 29.5 Å². The summed E-state index contributed by atoms with van der Waals surface area (Å²) in [5.74, 6) is -0.153. The number of aryl methyl sites for hydroxylation is 1. The second-order valence-corrected chi connectivity index (χ2v) is 7.19. The smallest absolute Gasteiger partial charge is 0.414 e. The Hall–Kier alpha value is -3.48. The Bertz CT molecular complexity index is 1090. The van der Waals surface area contributed by atoms with Crippen molar-refractivity contribution in [1.29, 1.82) is 0 Å². The van der Waals surface area contributed by atoms with Gasteiger partial charge in [0.1, 0.15) is 23.7 Å². The van der Waals surface area contributed by atoms with Crippen LogP contribution in [0.25, 0.3) is 22.6 Å². The Labute approximate surface area is 182 Å². The summed E-state index contributed by atoms with van der Waals surface area (Å²) in [6.45, 7) is -0.266. The second kappa shape index (κ2) is 9.34. The average molecular weight is 444 g/mol. The predicted octanol–water partition coefficient (Wildman–Crippen LogP) is 0.773. The molecule has 0 spiro atoms. The number of aliphatic hydroxyl groups excluding tert-OH is 2. The number of pyridine rings is 1. The fourth-order valence-corrected chi connectivity index (χ4v) is 3.19. The molecule has 11 nitrogen and oxygen atoms in total. The van der Waals surface area contributed by atoms with Crippen molar-refractivity contribution in [3.63, 3.8) is 0 Å². The van der Waals surface area contributed by atoms with Crippen LogP contribution in [0.1, 0.15) is 0 Å². The van der Waals surface area contributed by atoms with Crippen LogP contribution in [0.15, 0.2) is 36.5 Å². The zero-order valence-electron chi connectivity index (χ0n) is 17.1. The maximum Gasteiger partial charge on any atom is 0.414 e. The summed E-state index contributed by atoms with van der Waals surface area (Å²) in [7, 11) is 1.65. The standard InChI is InChI=1S/C20H21FN6O5/c1-26-24-19(23-25-26)18-5-2-12(7-22-18)16-4-3-13(6-17(16)21)27-8-15(32-20(27)30)11-31-10-14(29)9-28/h2-7,14-15,28-29H,8-11H2,1H3/t14?,15-/m1/s1. The third-order valence-corrected chi connectivity index (χ3v) is 4.78. The van der Waals surface area contributed by atoms with E-state index < -0.39 is 30.7 Å². The van der Waals surface area contributed by atoms with Crippen molar-refractivity contribution in [2.45, 2.75) is 12.2 Å². The van der Waals surface area contributed by atoms with E-state index in [2.05, 4.69) is 20.4 Å². The normalized spacial score (nSPS) is 16.9. The molecule has 0 aliphatic carbocycles. The number of ether oxygens (including phenoxy) is 2. The molecule has 1 aliphatic heterocycles. The molecule has 1 fully saturated rings. The Morgan fingerprint density at radius 2 is 2.19 bits per heavy atom. The van der Waals surface area contributed by atoms with Crippen molar-refractivity contribution in [3.05, 3.63) is 42.3 Å². The minimum Gasteiger partial charge on any atom is -0.441 e. The molecule has 2 aromatic heterocycles. The van der Waals surface area contributed by atoms with Crippen LogP contribution in [0.5, 0.6) is 0 Å². The maximum absolute atomic E-state index is 14.9. The van der Waals surface area contributed by atoms with E-state index in [1.54, 1.807) is 31.3 Å². The summed E-state index contributed by atoms with van der Waals surface area (Å²) < 4.78 is 25.3. The monoisotopic (exact) mass is 444 g/mol. The fraction of sp³-hybridized carbons (Fsp3) is 0.350. The molecule has 3 heterocycles. The van der Waals surface area contributed by atoms with Crippen LogP contribution >= 0.6 is 0 Å². The number of carbonyl (C=O) groups is 1. The second-order valence-electron chi connectivity index (χ2n) is 7.19. The van der Waals surface area contributed by atoms with Gasteiger partial charge in [0.05, 0.1) is 39.1 Å². The zero-order chi connectivity index (χ0) is 22.7. The van der Waals surface area contributed by atoms with Gasteiger partial charge >= 0.3 is 6.09 Å². The van der Waals surface area contributed by atoms with Crippen LogP contribution in [-0.2, 0) is 16.5 Å². The van der Waals surface area contributed by atoms with Crippen LogP contribution < -0.4 is 4.90 Å². The third kappa shape index (κ3) is 4.72. The number of aliphatic hydroxyl groups is 2. The van der Waals surface area contributed by atoms with Gasteiger partial charge in [-0.25, -0.2) is 9.18 Å². The lowest BCUT2D eigenvalue weighted by molar-refractivity contribution is -0.0183. The topological polar surface area (TPSA) is 136 Å². The molecule has 1 unspecified atom stereocenters. The van der Waals surface area contributed by atoms with E-state index >= 15 is 0 Å². The number of amides is 1. The number of nitrogens with zero attached hydrogens (tertiary/aromatic N) is 6. The summed E-state index contributed by atoms with van der Waals surface area (Å²) in [6.07, 6.45) is -0.661. The highest BCUT2D eigenvalue weighted by molar-refractivity contribution is 5.90. The van der Waals surface area contributed by atoms with Gasteiger partial charge in [-0.15, -0.1) is 10.2 Å². The molecule has 1 saturated heterocycles.